The molecule has 0 bridgehead atoms. The SMILES string of the molecule is COc1cc(C2C3=C(COC3=O)Cc3ccc4cc[nH]c4c32)ccc1F. The molecule has 0 fully saturated rings. The number of carbonyl (C=O) groups is 1. The second-order valence-corrected chi connectivity index (χ2v) is 6.68. The molecule has 0 saturated heterocycles. The molecule has 2 aliphatic rings. The average Bonchev–Trinajstić information content (AvgIpc) is 3.27. The van der Waals surface area contributed by atoms with E-state index < -0.39 is 5.82 Å². The molecule has 2 heterocycles. The Hall–Kier alpha value is -3.08. The topological polar surface area (TPSA) is 51.3 Å². The first-order valence-electron chi connectivity index (χ1n) is 8.48. The molecule has 1 aliphatic carbocycles. The van der Waals surface area contributed by atoms with Gasteiger partial charge in [-0.1, -0.05) is 18.2 Å². The number of ether oxygens (including phenoxy) is 2. The van der Waals surface area contributed by atoms with E-state index in [2.05, 4.69) is 17.1 Å². The van der Waals surface area contributed by atoms with Crippen LogP contribution in [0, 0.1) is 5.82 Å². The maximum absolute atomic E-state index is 13.9. The van der Waals surface area contributed by atoms with E-state index in [4.69, 9.17) is 9.47 Å². The second kappa shape index (κ2) is 5.46. The lowest BCUT2D eigenvalue weighted by Gasteiger charge is -2.27. The Labute approximate surface area is 149 Å². The average molecular weight is 349 g/mol. The summed E-state index contributed by atoms with van der Waals surface area (Å²) in [6.45, 7) is 0.325. The zero-order valence-electron chi connectivity index (χ0n) is 14.1. The molecule has 2 aromatic carbocycles. The summed E-state index contributed by atoms with van der Waals surface area (Å²) in [7, 11) is 1.44. The number of aromatic amines is 1. The Morgan fingerprint density at radius 2 is 2.12 bits per heavy atom. The summed E-state index contributed by atoms with van der Waals surface area (Å²) >= 11 is 0. The van der Waals surface area contributed by atoms with Gasteiger partial charge in [-0.05, 0) is 52.3 Å². The summed E-state index contributed by atoms with van der Waals surface area (Å²) in [6.07, 6.45) is 2.59. The molecule has 5 heteroatoms. The number of carbonyl (C=O) groups excluding carboxylic acids is 1. The van der Waals surface area contributed by atoms with Gasteiger partial charge < -0.3 is 14.5 Å². The standard InChI is InChI=1S/C21H16FNO3/c1-25-16-9-13(4-5-15(16)22)17-18-12(3-2-11-6-7-23-20(11)18)8-14-10-26-21(24)19(14)17/h2-7,9,17,23H,8,10H2,1H3. The van der Waals surface area contributed by atoms with Crippen LogP contribution in [0.3, 0.4) is 0 Å². The summed E-state index contributed by atoms with van der Waals surface area (Å²) in [5, 5.41) is 1.08. The number of cyclic esters (lactones) is 1. The van der Waals surface area contributed by atoms with Crippen molar-refractivity contribution in [2.45, 2.75) is 12.3 Å². The molecule has 4 nitrogen and oxygen atoms in total. The second-order valence-electron chi connectivity index (χ2n) is 6.68. The smallest absolute Gasteiger partial charge is 0.335 e. The van der Waals surface area contributed by atoms with Gasteiger partial charge in [0.1, 0.15) is 6.61 Å². The molecular formula is C21H16FNO3. The van der Waals surface area contributed by atoms with Crippen LogP contribution in [0.1, 0.15) is 22.6 Å². The number of benzene rings is 2. The van der Waals surface area contributed by atoms with Crippen molar-refractivity contribution >= 4 is 16.9 Å². The Balaban J connectivity index is 1.81. The third kappa shape index (κ3) is 2.03. The van der Waals surface area contributed by atoms with Crippen LogP contribution in [-0.4, -0.2) is 24.7 Å². The van der Waals surface area contributed by atoms with Gasteiger partial charge >= 0.3 is 5.97 Å². The highest BCUT2D eigenvalue weighted by Crippen LogP contribution is 2.46. The number of aromatic nitrogens is 1. The van der Waals surface area contributed by atoms with Gasteiger partial charge in [-0.15, -0.1) is 0 Å². The molecule has 0 amide bonds. The molecule has 1 aliphatic heterocycles. The third-order valence-electron chi connectivity index (χ3n) is 5.33. The van der Waals surface area contributed by atoms with Crippen molar-refractivity contribution in [3.05, 3.63) is 76.2 Å². The number of nitrogens with one attached hydrogen (secondary N) is 1. The summed E-state index contributed by atoms with van der Waals surface area (Å²) in [6, 6.07) is 11.0. The molecule has 1 unspecified atom stereocenters. The van der Waals surface area contributed by atoms with E-state index in [0.717, 1.165) is 33.2 Å². The number of esters is 1. The lowest BCUT2D eigenvalue weighted by atomic mass is 9.74. The first-order chi connectivity index (χ1) is 12.7. The number of halogens is 1. The Kier molecular flexibility index (Phi) is 3.19. The van der Waals surface area contributed by atoms with E-state index >= 15 is 0 Å². The van der Waals surface area contributed by atoms with Gasteiger partial charge in [0.15, 0.2) is 11.6 Å². The van der Waals surface area contributed by atoms with Crippen LogP contribution in [0.25, 0.3) is 10.9 Å². The summed E-state index contributed by atoms with van der Waals surface area (Å²) in [5.74, 6) is -0.849. The van der Waals surface area contributed by atoms with Crippen molar-refractivity contribution in [2.24, 2.45) is 0 Å². The first-order valence-corrected chi connectivity index (χ1v) is 8.48. The van der Waals surface area contributed by atoms with Crippen molar-refractivity contribution in [3.63, 3.8) is 0 Å². The van der Waals surface area contributed by atoms with Crippen LogP contribution < -0.4 is 4.74 Å². The lowest BCUT2D eigenvalue weighted by molar-refractivity contribution is -0.136. The van der Waals surface area contributed by atoms with E-state index in [9.17, 15) is 9.18 Å². The predicted octanol–water partition coefficient (Wildman–Crippen LogP) is 3.86. The van der Waals surface area contributed by atoms with Crippen LogP contribution in [0.2, 0.25) is 0 Å². The van der Waals surface area contributed by atoms with Crippen LogP contribution in [0.4, 0.5) is 4.39 Å². The fourth-order valence-corrected chi connectivity index (χ4v) is 4.16. The van der Waals surface area contributed by atoms with E-state index in [1.165, 1.54) is 13.2 Å². The summed E-state index contributed by atoms with van der Waals surface area (Å²) in [5.41, 5.74) is 5.71. The van der Waals surface area contributed by atoms with E-state index in [1.807, 2.05) is 12.3 Å². The van der Waals surface area contributed by atoms with Gasteiger partial charge in [0.05, 0.1) is 12.7 Å². The van der Waals surface area contributed by atoms with E-state index in [-0.39, 0.29) is 17.6 Å². The molecular weight excluding hydrogens is 333 g/mol. The van der Waals surface area contributed by atoms with Crippen molar-refractivity contribution in [1.82, 2.24) is 4.98 Å². The number of fused-ring (bicyclic) bond motifs is 3. The first kappa shape index (κ1) is 15.2. The van der Waals surface area contributed by atoms with Crippen LogP contribution in [0.15, 0.2) is 53.7 Å². The maximum atomic E-state index is 13.9. The molecule has 5 rings (SSSR count). The highest BCUT2D eigenvalue weighted by atomic mass is 19.1. The lowest BCUT2D eigenvalue weighted by Crippen LogP contribution is -2.18. The minimum atomic E-state index is -0.423. The molecule has 0 spiro atoms. The Morgan fingerprint density at radius 1 is 1.23 bits per heavy atom. The monoisotopic (exact) mass is 349 g/mol. The zero-order valence-corrected chi connectivity index (χ0v) is 14.1. The van der Waals surface area contributed by atoms with Crippen molar-refractivity contribution < 1.29 is 18.7 Å². The number of methoxy groups -OCH3 is 1. The molecule has 0 radical (unpaired) electrons. The van der Waals surface area contributed by atoms with Gasteiger partial charge in [0, 0.05) is 17.6 Å². The molecule has 130 valence electrons. The van der Waals surface area contributed by atoms with Crippen molar-refractivity contribution in [2.75, 3.05) is 13.7 Å². The van der Waals surface area contributed by atoms with Gasteiger partial charge in [0.25, 0.3) is 0 Å². The van der Waals surface area contributed by atoms with Crippen molar-refractivity contribution in [3.8, 4) is 5.75 Å². The Morgan fingerprint density at radius 3 is 2.96 bits per heavy atom. The number of hydrogen-bond acceptors (Lipinski definition) is 3. The summed E-state index contributed by atoms with van der Waals surface area (Å²) < 4.78 is 24.4. The minimum absolute atomic E-state index is 0.168. The molecule has 26 heavy (non-hydrogen) atoms. The predicted molar refractivity (Wildman–Crippen MR) is 94.8 cm³/mol. The van der Waals surface area contributed by atoms with Crippen molar-refractivity contribution in [1.29, 1.82) is 0 Å². The number of hydrogen-bond donors (Lipinski definition) is 1. The highest BCUT2D eigenvalue weighted by molar-refractivity contribution is 5.98. The van der Waals surface area contributed by atoms with Crippen LogP contribution in [0.5, 0.6) is 5.75 Å². The zero-order chi connectivity index (χ0) is 17.8. The molecule has 1 N–H and O–H groups in total. The van der Waals surface area contributed by atoms with Crippen LogP contribution >= 0.6 is 0 Å². The maximum Gasteiger partial charge on any atom is 0.335 e. The van der Waals surface area contributed by atoms with E-state index in [1.54, 1.807) is 12.1 Å². The molecule has 0 saturated carbocycles. The van der Waals surface area contributed by atoms with Gasteiger partial charge in [0.2, 0.25) is 0 Å². The quantitative estimate of drug-likeness (QED) is 0.715. The molecule has 3 aromatic rings. The Bertz CT molecular complexity index is 1100. The third-order valence-corrected chi connectivity index (χ3v) is 5.33. The largest absolute Gasteiger partial charge is 0.494 e. The van der Waals surface area contributed by atoms with Gasteiger partial charge in [-0.25, -0.2) is 9.18 Å². The number of H-pyrrole nitrogens is 1. The minimum Gasteiger partial charge on any atom is -0.494 e. The van der Waals surface area contributed by atoms with Crippen LogP contribution in [-0.2, 0) is 16.0 Å². The van der Waals surface area contributed by atoms with Gasteiger partial charge in [-0.3, -0.25) is 0 Å². The highest BCUT2D eigenvalue weighted by Gasteiger charge is 2.39. The number of rotatable bonds is 2. The molecule has 1 aromatic heterocycles. The fraction of sp³-hybridized carbons (Fsp3) is 0.190. The molecule has 1 atom stereocenters. The summed E-state index contributed by atoms with van der Waals surface area (Å²) in [4.78, 5) is 15.8. The fourth-order valence-electron chi connectivity index (χ4n) is 4.16. The normalized spacial score (nSPS) is 18.7. The van der Waals surface area contributed by atoms with E-state index in [0.29, 0.717) is 18.6 Å². The van der Waals surface area contributed by atoms with Gasteiger partial charge in [-0.2, -0.15) is 0 Å².